The molecule has 14 heteroatoms. The smallest absolute Gasteiger partial charge is 0.326 e. The summed E-state index contributed by atoms with van der Waals surface area (Å²) in [6, 6.07) is 9.05. The van der Waals surface area contributed by atoms with Gasteiger partial charge in [0.15, 0.2) is 0 Å². The minimum atomic E-state index is -1.51. The van der Waals surface area contributed by atoms with Gasteiger partial charge in [-0.1, -0.05) is 36.4 Å². The van der Waals surface area contributed by atoms with Gasteiger partial charge in [-0.2, -0.15) is 0 Å². The van der Waals surface area contributed by atoms with Crippen LogP contribution in [0.25, 0.3) is 21.8 Å². The molecule has 0 aliphatic heterocycles. The fourth-order valence-corrected chi connectivity index (χ4v) is 4.77. The molecule has 2 aromatic heterocycles. The highest BCUT2D eigenvalue weighted by Gasteiger charge is 2.32. The van der Waals surface area contributed by atoms with Crippen molar-refractivity contribution >= 4 is 51.4 Å². The number of aromatic amines is 2. The summed E-state index contributed by atoms with van der Waals surface area (Å²) in [7, 11) is 0. The molecule has 43 heavy (non-hydrogen) atoms. The maximum absolute atomic E-state index is 13.6. The number of aliphatic carboxylic acids is 1. The molecule has 4 amide bonds. The Morgan fingerprint density at radius 1 is 0.721 bits per heavy atom. The number of aliphatic hydroxyl groups is 1. The SMILES string of the molecule is NC(=O)CC(NC(=O)C(N)CO)C(=O)NC(Cc1c[nH]c2ccccc12)C(=O)NC(Cc1c[nH]c2ccccc12)C(=O)O. The van der Waals surface area contributed by atoms with Crippen molar-refractivity contribution in [2.75, 3.05) is 6.61 Å². The third-order valence-electron chi connectivity index (χ3n) is 7.02. The van der Waals surface area contributed by atoms with Crippen molar-refractivity contribution in [1.29, 1.82) is 0 Å². The van der Waals surface area contributed by atoms with E-state index in [1.165, 1.54) is 0 Å². The molecule has 0 spiro atoms. The molecular formula is C29H33N7O7. The number of carbonyl (C=O) groups is 5. The minimum absolute atomic E-state index is 0.0434. The minimum Gasteiger partial charge on any atom is -0.480 e. The average molecular weight is 592 g/mol. The molecule has 11 N–H and O–H groups in total. The Morgan fingerprint density at radius 2 is 1.19 bits per heavy atom. The molecule has 4 atom stereocenters. The fraction of sp³-hybridized carbons (Fsp3) is 0.276. The summed E-state index contributed by atoms with van der Waals surface area (Å²) in [4.78, 5) is 69.3. The molecule has 0 aliphatic rings. The Balaban J connectivity index is 1.60. The summed E-state index contributed by atoms with van der Waals surface area (Å²) in [6.07, 6.45) is 2.62. The van der Waals surface area contributed by atoms with Gasteiger partial charge in [0, 0.05) is 47.0 Å². The molecule has 0 aliphatic carbocycles. The predicted octanol–water partition coefficient (Wildman–Crippen LogP) is -0.832. The van der Waals surface area contributed by atoms with E-state index in [9.17, 15) is 34.2 Å². The van der Waals surface area contributed by atoms with E-state index in [0.29, 0.717) is 11.1 Å². The first-order valence-electron chi connectivity index (χ1n) is 13.5. The van der Waals surface area contributed by atoms with E-state index in [1.54, 1.807) is 18.5 Å². The number of hydrogen-bond acceptors (Lipinski definition) is 7. The van der Waals surface area contributed by atoms with Crippen molar-refractivity contribution in [2.24, 2.45) is 11.5 Å². The molecule has 4 unspecified atom stereocenters. The second-order valence-corrected chi connectivity index (χ2v) is 10.1. The van der Waals surface area contributed by atoms with Gasteiger partial charge in [0.2, 0.25) is 23.6 Å². The first-order chi connectivity index (χ1) is 20.6. The van der Waals surface area contributed by atoms with Crippen LogP contribution in [-0.4, -0.2) is 80.6 Å². The summed E-state index contributed by atoms with van der Waals surface area (Å²) in [5, 5.41) is 28.1. The Labute approximate surface area is 245 Å². The number of carbonyl (C=O) groups excluding carboxylic acids is 4. The largest absolute Gasteiger partial charge is 0.480 e. The maximum Gasteiger partial charge on any atom is 0.326 e. The number of benzene rings is 2. The maximum atomic E-state index is 13.6. The lowest BCUT2D eigenvalue weighted by Gasteiger charge is -2.24. The van der Waals surface area contributed by atoms with E-state index in [-0.39, 0.29) is 12.8 Å². The number of nitrogens with one attached hydrogen (secondary N) is 5. The standard InChI is InChI=1S/C29H33N7O7/c30-19(14-37)26(39)34-23(11-25(31)38)28(41)35-22(9-15-12-32-20-7-3-1-5-17(15)20)27(40)36-24(29(42)43)10-16-13-33-21-8-4-2-6-18(16)21/h1-8,12-13,19,22-24,32-33,37H,9-11,14,30H2,(H2,31,38)(H,34,39)(H,35,41)(H,36,40)(H,42,43). The van der Waals surface area contributed by atoms with Gasteiger partial charge in [-0.3, -0.25) is 19.2 Å². The number of aromatic nitrogens is 2. The highest BCUT2D eigenvalue weighted by molar-refractivity contribution is 5.97. The van der Waals surface area contributed by atoms with E-state index in [4.69, 9.17) is 11.5 Å². The molecule has 2 heterocycles. The van der Waals surface area contributed by atoms with Gasteiger partial charge in [-0.05, 0) is 23.3 Å². The first-order valence-corrected chi connectivity index (χ1v) is 13.5. The molecule has 0 radical (unpaired) electrons. The van der Waals surface area contributed by atoms with Crippen molar-refractivity contribution in [1.82, 2.24) is 25.9 Å². The van der Waals surface area contributed by atoms with Crippen LogP contribution in [0.15, 0.2) is 60.9 Å². The van der Waals surface area contributed by atoms with Gasteiger partial charge >= 0.3 is 5.97 Å². The van der Waals surface area contributed by atoms with Gasteiger partial charge in [-0.15, -0.1) is 0 Å². The van der Waals surface area contributed by atoms with Gasteiger partial charge in [0.1, 0.15) is 24.2 Å². The van der Waals surface area contributed by atoms with Crippen molar-refractivity contribution in [3.63, 3.8) is 0 Å². The van der Waals surface area contributed by atoms with Crippen molar-refractivity contribution in [3.8, 4) is 0 Å². The molecular weight excluding hydrogens is 558 g/mol. The summed E-state index contributed by atoms with van der Waals surface area (Å²) in [5.74, 6) is -4.85. The van der Waals surface area contributed by atoms with E-state index in [1.807, 2.05) is 42.5 Å². The van der Waals surface area contributed by atoms with Gasteiger partial charge < -0.3 is 47.6 Å². The number of amides is 4. The van der Waals surface area contributed by atoms with Crippen molar-refractivity contribution in [2.45, 2.75) is 43.4 Å². The molecule has 2 aromatic carbocycles. The van der Waals surface area contributed by atoms with Gasteiger partial charge in [-0.25, -0.2) is 4.79 Å². The Hall–Kier alpha value is -5.21. The van der Waals surface area contributed by atoms with E-state index in [2.05, 4.69) is 25.9 Å². The number of H-pyrrole nitrogens is 2. The number of carboxylic acid groups (broad SMARTS) is 1. The zero-order valence-electron chi connectivity index (χ0n) is 23.0. The number of rotatable bonds is 14. The number of primary amides is 1. The van der Waals surface area contributed by atoms with Gasteiger partial charge in [0.25, 0.3) is 0 Å². The molecule has 0 saturated carbocycles. The van der Waals surface area contributed by atoms with E-state index < -0.39 is 66.8 Å². The highest BCUT2D eigenvalue weighted by atomic mass is 16.4. The van der Waals surface area contributed by atoms with Crippen molar-refractivity contribution < 1.29 is 34.2 Å². The summed E-state index contributed by atoms with van der Waals surface area (Å²) >= 11 is 0. The second-order valence-electron chi connectivity index (χ2n) is 10.1. The van der Waals surface area contributed by atoms with Gasteiger partial charge in [0.05, 0.1) is 13.0 Å². The molecule has 0 bridgehead atoms. The molecule has 4 rings (SSSR count). The summed E-state index contributed by atoms with van der Waals surface area (Å²) in [5.41, 5.74) is 13.7. The van der Waals surface area contributed by atoms with E-state index >= 15 is 0 Å². The van der Waals surface area contributed by atoms with E-state index in [0.717, 1.165) is 21.8 Å². The molecule has 0 saturated heterocycles. The van der Waals surface area contributed by atoms with Crippen LogP contribution in [0.3, 0.4) is 0 Å². The average Bonchev–Trinajstić information content (AvgIpc) is 3.59. The van der Waals surface area contributed by atoms with Crippen LogP contribution in [0.1, 0.15) is 17.5 Å². The third kappa shape index (κ3) is 7.55. The van der Waals surface area contributed by atoms with Crippen LogP contribution in [0, 0.1) is 0 Å². The van der Waals surface area contributed by atoms with Crippen LogP contribution < -0.4 is 27.4 Å². The third-order valence-corrected chi connectivity index (χ3v) is 7.02. The lowest BCUT2D eigenvalue weighted by Crippen LogP contribution is -2.58. The van der Waals surface area contributed by atoms with Crippen LogP contribution in [0.5, 0.6) is 0 Å². The lowest BCUT2D eigenvalue weighted by atomic mass is 10.0. The summed E-state index contributed by atoms with van der Waals surface area (Å²) < 4.78 is 0. The van der Waals surface area contributed by atoms with Crippen LogP contribution in [-0.2, 0) is 36.8 Å². The number of aliphatic hydroxyl groups excluding tert-OH is 1. The topological polar surface area (TPSA) is 246 Å². The Kier molecular flexibility index (Phi) is 9.75. The van der Waals surface area contributed by atoms with Crippen LogP contribution >= 0.6 is 0 Å². The zero-order valence-corrected chi connectivity index (χ0v) is 23.0. The quantitative estimate of drug-likeness (QED) is 0.0893. The fourth-order valence-electron chi connectivity index (χ4n) is 4.77. The summed E-state index contributed by atoms with van der Waals surface area (Å²) in [6.45, 7) is -0.713. The normalized spacial score (nSPS) is 14.0. The predicted molar refractivity (Wildman–Crippen MR) is 156 cm³/mol. The molecule has 4 aromatic rings. The van der Waals surface area contributed by atoms with Crippen molar-refractivity contribution in [3.05, 3.63) is 72.1 Å². The Morgan fingerprint density at radius 3 is 1.70 bits per heavy atom. The van der Waals surface area contributed by atoms with Crippen LogP contribution in [0.2, 0.25) is 0 Å². The van der Waals surface area contributed by atoms with Crippen LogP contribution in [0.4, 0.5) is 0 Å². The highest BCUT2D eigenvalue weighted by Crippen LogP contribution is 2.21. The second kappa shape index (κ2) is 13.6. The number of hydrogen-bond donors (Lipinski definition) is 9. The Bertz CT molecular complexity index is 1650. The number of fused-ring (bicyclic) bond motifs is 2. The number of nitrogens with two attached hydrogens (primary N) is 2. The monoisotopic (exact) mass is 591 g/mol. The number of carboxylic acids is 1. The first kappa shape index (κ1) is 30.7. The zero-order chi connectivity index (χ0) is 31.1. The molecule has 0 fully saturated rings. The number of para-hydroxylation sites is 2. The molecule has 14 nitrogen and oxygen atoms in total. The lowest BCUT2D eigenvalue weighted by molar-refractivity contribution is -0.142. The molecule has 226 valence electrons.